The average molecular weight is 531 g/mol. The molecule has 0 bridgehead atoms. The molecule has 2 aromatic rings. The van der Waals surface area contributed by atoms with Gasteiger partial charge in [-0.15, -0.1) is 36.4 Å². The first kappa shape index (κ1) is 28.0. The molecule has 3 aliphatic carbocycles. The SMILES string of the molecule is CC1C=CC=Cc2[cH-]ccc21.CC1C=CC=Cc2[cH-]ccc21.[Cl-].[Cl-].[Zr+2]=[C]1CCCCC1. The van der Waals surface area contributed by atoms with Crippen LogP contribution in [0.2, 0.25) is 0 Å². The van der Waals surface area contributed by atoms with E-state index in [1.807, 2.05) is 0 Å². The van der Waals surface area contributed by atoms with Gasteiger partial charge in [-0.05, 0) is 11.8 Å². The van der Waals surface area contributed by atoms with Crippen LogP contribution in [0.3, 0.4) is 0 Å². The van der Waals surface area contributed by atoms with Gasteiger partial charge in [-0.25, -0.2) is 0 Å². The molecule has 0 N–H and O–H groups in total. The fourth-order valence-corrected chi connectivity index (χ4v) is 4.86. The van der Waals surface area contributed by atoms with Gasteiger partial charge >= 0.3 is 59.5 Å². The molecule has 2 unspecified atom stereocenters. The Bertz CT molecular complexity index is 835. The monoisotopic (exact) mass is 528 g/mol. The molecular formula is C28H32Cl2Zr-2. The first-order chi connectivity index (χ1) is 14.1. The molecule has 164 valence electrons. The number of halogens is 2. The summed E-state index contributed by atoms with van der Waals surface area (Å²) < 4.78 is 1.80. The topological polar surface area (TPSA) is 0 Å². The van der Waals surface area contributed by atoms with Crippen molar-refractivity contribution < 1.29 is 49.0 Å². The first-order valence-corrected chi connectivity index (χ1v) is 12.2. The Labute approximate surface area is 216 Å². The second kappa shape index (κ2) is 14.9. The Morgan fingerprint density at radius 2 is 1.16 bits per heavy atom. The molecule has 0 aliphatic heterocycles. The van der Waals surface area contributed by atoms with Crippen molar-refractivity contribution in [2.45, 2.75) is 57.8 Å². The summed E-state index contributed by atoms with van der Waals surface area (Å²) in [6, 6.07) is 12.9. The second-order valence-electron chi connectivity index (χ2n) is 8.10. The van der Waals surface area contributed by atoms with Gasteiger partial charge in [-0.3, -0.25) is 0 Å². The zero-order chi connectivity index (χ0) is 20.5. The predicted molar refractivity (Wildman–Crippen MR) is 125 cm³/mol. The fourth-order valence-electron chi connectivity index (χ4n) is 3.99. The number of hydrogen-bond donors (Lipinski definition) is 0. The molecule has 0 spiro atoms. The van der Waals surface area contributed by atoms with Crippen LogP contribution < -0.4 is 24.8 Å². The Balaban J connectivity index is 0.000000231. The molecule has 3 aliphatic rings. The first-order valence-electron chi connectivity index (χ1n) is 10.9. The Morgan fingerprint density at radius 3 is 1.55 bits per heavy atom. The van der Waals surface area contributed by atoms with E-state index in [0.717, 1.165) is 0 Å². The van der Waals surface area contributed by atoms with Crippen LogP contribution in [0.5, 0.6) is 0 Å². The van der Waals surface area contributed by atoms with Crippen molar-refractivity contribution >= 4 is 15.4 Å². The van der Waals surface area contributed by atoms with E-state index >= 15 is 0 Å². The van der Waals surface area contributed by atoms with E-state index in [9.17, 15) is 0 Å². The predicted octanol–water partition coefficient (Wildman–Crippen LogP) is 1.86. The zero-order valence-corrected chi connectivity index (χ0v) is 22.5. The standard InChI is InChI=1S/2C11H11.C6H10.2ClH.Zr/c2*1-9-5-2-3-6-10-7-4-8-11(9)10;1-2-4-6-5-3-1;;;/h2*2-9H,1H3;1-5H2;2*1H;/q2*-1;;;;+2/p-2. The van der Waals surface area contributed by atoms with Gasteiger partial charge < -0.3 is 24.8 Å². The van der Waals surface area contributed by atoms with Crippen LogP contribution in [0.4, 0.5) is 0 Å². The zero-order valence-electron chi connectivity index (χ0n) is 18.5. The molecule has 0 saturated heterocycles. The number of hydrogen-bond acceptors (Lipinski definition) is 0. The number of allylic oxidation sites excluding steroid dienone is 6. The number of rotatable bonds is 0. The fraction of sp³-hybridized carbons (Fsp3) is 0.321. The molecule has 31 heavy (non-hydrogen) atoms. The maximum atomic E-state index is 2.22. The summed E-state index contributed by atoms with van der Waals surface area (Å²) in [4.78, 5) is 0. The third-order valence-corrected chi connectivity index (χ3v) is 7.01. The van der Waals surface area contributed by atoms with Crippen LogP contribution in [0.25, 0.3) is 12.2 Å². The Hall–Kier alpha value is -1.01. The van der Waals surface area contributed by atoms with Crippen LogP contribution in [0.1, 0.15) is 80.0 Å². The molecule has 0 heterocycles. The summed E-state index contributed by atoms with van der Waals surface area (Å²) >= 11 is 1.69. The van der Waals surface area contributed by atoms with Gasteiger partial charge in [0.2, 0.25) is 0 Å². The third-order valence-electron chi connectivity index (χ3n) is 5.78. The molecule has 5 rings (SSSR count). The second-order valence-corrected chi connectivity index (χ2v) is 9.84. The minimum atomic E-state index is 0. The summed E-state index contributed by atoms with van der Waals surface area (Å²) in [5.74, 6) is 1.13. The van der Waals surface area contributed by atoms with E-state index in [1.165, 1.54) is 54.4 Å². The summed E-state index contributed by atoms with van der Waals surface area (Å²) in [5.41, 5.74) is 5.61. The molecule has 1 fully saturated rings. The van der Waals surface area contributed by atoms with Gasteiger partial charge in [0, 0.05) is 0 Å². The van der Waals surface area contributed by atoms with Crippen molar-refractivity contribution in [2.75, 3.05) is 0 Å². The summed E-state index contributed by atoms with van der Waals surface area (Å²) in [5, 5.41) is 0. The van der Waals surface area contributed by atoms with Crippen LogP contribution in [-0.4, -0.2) is 3.21 Å². The van der Waals surface area contributed by atoms with Gasteiger partial charge in [0.25, 0.3) is 0 Å². The van der Waals surface area contributed by atoms with E-state index in [4.69, 9.17) is 0 Å². The average Bonchev–Trinajstić information content (AvgIpc) is 3.32. The maximum absolute atomic E-state index is 2.22. The van der Waals surface area contributed by atoms with Crippen LogP contribution in [0, 0.1) is 0 Å². The molecule has 0 amide bonds. The molecular weight excluding hydrogens is 498 g/mol. The quantitative estimate of drug-likeness (QED) is 0.457. The van der Waals surface area contributed by atoms with Gasteiger partial charge in [0.15, 0.2) is 0 Å². The van der Waals surface area contributed by atoms with Gasteiger partial charge in [0.1, 0.15) is 0 Å². The molecule has 2 aromatic carbocycles. The van der Waals surface area contributed by atoms with E-state index in [0.29, 0.717) is 11.8 Å². The van der Waals surface area contributed by atoms with Crippen molar-refractivity contribution in [1.29, 1.82) is 0 Å². The summed E-state index contributed by atoms with van der Waals surface area (Å²) in [6.45, 7) is 4.45. The van der Waals surface area contributed by atoms with Crippen LogP contribution in [0.15, 0.2) is 72.9 Å². The minimum absolute atomic E-state index is 0. The van der Waals surface area contributed by atoms with Gasteiger partial charge in [-0.1, -0.05) is 38.2 Å². The summed E-state index contributed by atoms with van der Waals surface area (Å²) in [6.07, 6.45) is 24.5. The number of fused-ring (bicyclic) bond motifs is 2. The van der Waals surface area contributed by atoms with Crippen LogP contribution >= 0.6 is 0 Å². The van der Waals surface area contributed by atoms with Gasteiger partial charge in [-0.2, -0.15) is 46.5 Å². The van der Waals surface area contributed by atoms with Gasteiger partial charge in [0.05, 0.1) is 0 Å². The van der Waals surface area contributed by atoms with Crippen molar-refractivity contribution in [2.24, 2.45) is 0 Å². The van der Waals surface area contributed by atoms with E-state index in [-0.39, 0.29) is 24.8 Å². The van der Waals surface area contributed by atoms with E-state index in [1.54, 1.807) is 27.4 Å². The normalized spacial score (nSPS) is 20.3. The molecule has 0 nitrogen and oxygen atoms in total. The van der Waals surface area contributed by atoms with Crippen molar-refractivity contribution in [3.63, 3.8) is 0 Å². The molecule has 0 aromatic heterocycles. The van der Waals surface area contributed by atoms with Crippen molar-refractivity contribution in [3.05, 3.63) is 95.1 Å². The van der Waals surface area contributed by atoms with Crippen molar-refractivity contribution in [3.8, 4) is 0 Å². The van der Waals surface area contributed by atoms with Crippen molar-refractivity contribution in [1.82, 2.24) is 0 Å². The third kappa shape index (κ3) is 8.80. The van der Waals surface area contributed by atoms with E-state index < -0.39 is 0 Å². The Morgan fingerprint density at radius 1 is 0.710 bits per heavy atom. The van der Waals surface area contributed by atoms with E-state index in [2.05, 4.69) is 98.9 Å². The molecule has 1 saturated carbocycles. The summed E-state index contributed by atoms with van der Waals surface area (Å²) in [7, 11) is 0. The Kier molecular flexibility index (Phi) is 13.5. The molecule has 2 atom stereocenters. The molecule has 3 heteroatoms. The van der Waals surface area contributed by atoms with Crippen LogP contribution in [-0.2, 0) is 24.2 Å². The molecule has 0 radical (unpaired) electrons.